The summed E-state index contributed by atoms with van der Waals surface area (Å²) in [7, 11) is 0. The van der Waals surface area contributed by atoms with Crippen molar-refractivity contribution in [2.24, 2.45) is 51.2 Å². The monoisotopic (exact) mass is 540 g/mol. The van der Waals surface area contributed by atoms with Gasteiger partial charge in [0.05, 0.1) is 0 Å². The molecule has 2 spiro atoms. The van der Waals surface area contributed by atoms with Gasteiger partial charge in [0.15, 0.2) is 17.7 Å². The van der Waals surface area contributed by atoms with Crippen LogP contribution in [0.25, 0.3) is 0 Å². The van der Waals surface area contributed by atoms with Crippen LogP contribution in [0.3, 0.4) is 0 Å². The number of allylic oxidation sites excluding steroid dienone is 2. The van der Waals surface area contributed by atoms with Gasteiger partial charge in [-0.25, -0.2) is 0 Å². The van der Waals surface area contributed by atoms with E-state index in [1.54, 1.807) is 6.92 Å². The van der Waals surface area contributed by atoms with Gasteiger partial charge in [-0.2, -0.15) is 0 Å². The van der Waals surface area contributed by atoms with Gasteiger partial charge >= 0.3 is 11.9 Å². The number of aliphatic hydroxyl groups is 1. The maximum Gasteiger partial charge on any atom is 0.303 e. The van der Waals surface area contributed by atoms with E-state index in [1.165, 1.54) is 13.8 Å². The average molecular weight is 541 g/mol. The quantitative estimate of drug-likeness (QED) is 0.371. The summed E-state index contributed by atoms with van der Waals surface area (Å²) < 4.78 is 11.8. The van der Waals surface area contributed by atoms with Crippen LogP contribution in [0.5, 0.6) is 0 Å². The van der Waals surface area contributed by atoms with Crippen LogP contribution in [0, 0.1) is 51.2 Å². The Morgan fingerprint density at radius 2 is 1.82 bits per heavy atom. The van der Waals surface area contributed by atoms with Crippen LogP contribution in [0.1, 0.15) is 80.1 Å². The van der Waals surface area contributed by atoms with E-state index in [2.05, 4.69) is 33.4 Å². The van der Waals surface area contributed by atoms with Gasteiger partial charge in [0, 0.05) is 38.2 Å². The lowest BCUT2D eigenvalue weighted by molar-refractivity contribution is -0.173. The average Bonchev–Trinajstić information content (AvgIpc) is 3.48. The molecule has 39 heavy (non-hydrogen) atoms. The van der Waals surface area contributed by atoms with E-state index >= 15 is 0 Å². The predicted molar refractivity (Wildman–Crippen MR) is 144 cm³/mol. The fourth-order valence-corrected chi connectivity index (χ4v) is 10.3. The highest BCUT2D eigenvalue weighted by Crippen LogP contribution is 2.87. The number of esters is 2. The van der Waals surface area contributed by atoms with Crippen molar-refractivity contribution in [2.75, 3.05) is 6.61 Å². The zero-order valence-corrected chi connectivity index (χ0v) is 24.2. The fraction of sp³-hybridized carbons (Fsp3) is 0.750. The largest absolute Gasteiger partial charge is 0.462 e. The minimum absolute atomic E-state index is 0.0343. The lowest BCUT2D eigenvalue weighted by atomic mass is 9.43. The highest BCUT2D eigenvalue weighted by Gasteiger charge is 2.82. The van der Waals surface area contributed by atoms with Crippen molar-refractivity contribution in [3.63, 3.8) is 0 Å². The lowest BCUT2D eigenvalue weighted by Crippen LogP contribution is -2.57. The summed E-state index contributed by atoms with van der Waals surface area (Å²) in [6.07, 6.45) is 7.71. The number of hydrogen-bond donors (Lipinski definition) is 1. The van der Waals surface area contributed by atoms with Crippen molar-refractivity contribution < 1.29 is 33.8 Å². The van der Waals surface area contributed by atoms with E-state index in [0.717, 1.165) is 32.1 Å². The van der Waals surface area contributed by atoms with Gasteiger partial charge in [-0.3, -0.25) is 19.2 Å². The molecule has 4 fully saturated rings. The van der Waals surface area contributed by atoms with Crippen molar-refractivity contribution in [3.05, 3.63) is 24.3 Å². The first-order valence-corrected chi connectivity index (χ1v) is 14.6. The molecule has 11 atom stereocenters. The standard InChI is InChI=1S/C32H44O7/c1-17(15-33)18(2)27(37)28(39-21(5)35)26-24(38-20(4)34)14-30(7)25-9-8-22-19(3)23(36)10-11-31(22)16-32(25,31)13-12-29(26,30)6/h10-11,17,19,22,24-26,28,33H,2,8-9,12-16H2,1,3-7H3/t17-,19-,22-,24-,25-,26?,28+,29+,30-,31+,32-/m0/s1. The van der Waals surface area contributed by atoms with Gasteiger partial charge in [0.25, 0.3) is 0 Å². The highest BCUT2D eigenvalue weighted by atomic mass is 16.6. The molecule has 1 unspecified atom stereocenters. The van der Waals surface area contributed by atoms with Crippen molar-refractivity contribution in [1.82, 2.24) is 0 Å². The molecule has 0 aliphatic heterocycles. The van der Waals surface area contributed by atoms with E-state index < -0.39 is 47.2 Å². The molecule has 7 heteroatoms. The van der Waals surface area contributed by atoms with Crippen molar-refractivity contribution >= 4 is 23.5 Å². The number of Topliss-reactive ketones (excluding diaryl/α,β-unsaturated/α-hetero) is 1. The van der Waals surface area contributed by atoms with E-state index in [-0.39, 0.29) is 40.1 Å². The Kier molecular flexibility index (Phi) is 6.61. The molecular formula is C32H44O7. The van der Waals surface area contributed by atoms with Crippen LogP contribution in [0.15, 0.2) is 24.3 Å². The fourth-order valence-electron chi connectivity index (χ4n) is 10.3. The van der Waals surface area contributed by atoms with E-state index in [1.807, 2.05) is 6.08 Å². The van der Waals surface area contributed by atoms with Crippen LogP contribution in [0.4, 0.5) is 0 Å². The minimum atomic E-state index is -1.15. The van der Waals surface area contributed by atoms with Crippen LogP contribution in [0.2, 0.25) is 0 Å². The summed E-state index contributed by atoms with van der Waals surface area (Å²) in [5, 5.41) is 9.71. The number of carbonyl (C=O) groups is 4. The van der Waals surface area contributed by atoms with Crippen LogP contribution >= 0.6 is 0 Å². The summed E-state index contributed by atoms with van der Waals surface area (Å²) in [4.78, 5) is 51.1. The van der Waals surface area contributed by atoms with Gasteiger partial charge in [0.1, 0.15) is 6.10 Å². The topological polar surface area (TPSA) is 107 Å². The zero-order chi connectivity index (χ0) is 28.7. The third kappa shape index (κ3) is 3.70. The Morgan fingerprint density at radius 1 is 1.13 bits per heavy atom. The molecule has 7 nitrogen and oxygen atoms in total. The molecule has 0 saturated heterocycles. The summed E-state index contributed by atoms with van der Waals surface area (Å²) in [6, 6.07) is 0. The van der Waals surface area contributed by atoms with Crippen molar-refractivity contribution in [1.29, 1.82) is 0 Å². The number of aliphatic hydroxyl groups excluding tert-OH is 1. The van der Waals surface area contributed by atoms with Gasteiger partial charge in [-0.1, -0.05) is 40.3 Å². The first-order chi connectivity index (χ1) is 18.2. The number of hydrogen-bond acceptors (Lipinski definition) is 7. The second kappa shape index (κ2) is 9.12. The molecule has 5 rings (SSSR count). The molecule has 4 saturated carbocycles. The van der Waals surface area contributed by atoms with Gasteiger partial charge < -0.3 is 14.6 Å². The molecule has 1 N–H and O–H groups in total. The smallest absolute Gasteiger partial charge is 0.303 e. The molecule has 0 aromatic carbocycles. The number of ketones is 2. The second-order valence-electron chi connectivity index (χ2n) is 13.8. The molecule has 5 aliphatic carbocycles. The molecule has 214 valence electrons. The number of rotatable bonds is 7. The van der Waals surface area contributed by atoms with E-state index in [0.29, 0.717) is 18.3 Å². The summed E-state index contributed by atoms with van der Waals surface area (Å²) in [5.74, 6) is -1.46. The maximum absolute atomic E-state index is 13.9. The van der Waals surface area contributed by atoms with Gasteiger partial charge in [-0.05, 0) is 83.7 Å². The summed E-state index contributed by atoms with van der Waals surface area (Å²) in [6.45, 7) is 14.7. The highest BCUT2D eigenvalue weighted by molar-refractivity contribution is 6.00. The Labute approximate surface area is 231 Å². The molecule has 0 aromatic heterocycles. The van der Waals surface area contributed by atoms with Crippen LogP contribution in [-0.4, -0.2) is 47.4 Å². The molecule has 0 aromatic rings. The lowest BCUT2D eigenvalue weighted by Gasteiger charge is -2.60. The Balaban J connectivity index is 1.58. The minimum Gasteiger partial charge on any atom is -0.462 e. The Hall–Kier alpha value is -2.28. The second-order valence-corrected chi connectivity index (χ2v) is 13.8. The first-order valence-electron chi connectivity index (χ1n) is 14.6. The normalized spacial score (nSPS) is 45.1. The zero-order valence-electron chi connectivity index (χ0n) is 24.2. The molecule has 0 heterocycles. The first kappa shape index (κ1) is 28.3. The maximum atomic E-state index is 13.9. The molecule has 0 radical (unpaired) electrons. The third-order valence-electron chi connectivity index (χ3n) is 12.4. The van der Waals surface area contributed by atoms with Crippen molar-refractivity contribution in [3.8, 4) is 0 Å². The number of fused-ring (bicyclic) bond motifs is 2. The van der Waals surface area contributed by atoms with E-state index in [4.69, 9.17) is 9.47 Å². The predicted octanol–water partition coefficient (Wildman–Crippen LogP) is 4.61. The molecule has 0 bridgehead atoms. The summed E-state index contributed by atoms with van der Waals surface area (Å²) >= 11 is 0. The number of ether oxygens (including phenoxy) is 2. The molecular weight excluding hydrogens is 496 g/mol. The summed E-state index contributed by atoms with van der Waals surface area (Å²) in [5.41, 5.74) is -0.369. The molecule has 0 amide bonds. The number of carbonyl (C=O) groups excluding carboxylic acids is 4. The third-order valence-corrected chi connectivity index (χ3v) is 12.4. The van der Waals surface area contributed by atoms with Gasteiger partial charge in [0.2, 0.25) is 0 Å². The van der Waals surface area contributed by atoms with Crippen molar-refractivity contribution in [2.45, 2.75) is 92.3 Å². The molecule has 5 aliphatic rings. The van der Waals surface area contributed by atoms with E-state index in [9.17, 15) is 24.3 Å². The SMILES string of the molecule is C=C(C(=O)[C@H](OC(C)=O)C1[C@@H](OC(C)=O)C[C@@]2(C)[C@@H]3CC[C@H]4[C@H](C)C(=O)C=C[C@@]45C[C@@]35CC[C@]12C)[C@@H](C)CO. The Morgan fingerprint density at radius 3 is 2.44 bits per heavy atom. The Bertz CT molecular complexity index is 1160. The van der Waals surface area contributed by atoms with Crippen LogP contribution < -0.4 is 0 Å². The van der Waals surface area contributed by atoms with Gasteiger partial charge in [-0.15, -0.1) is 0 Å². The van der Waals surface area contributed by atoms with Crippen LogP contribution in [-0.2, 0) is 28.7 Å².